The number of allylic oxidation sites excluding steroid dienone is 4. The van der Waals surface area contributed by atoms with Crippen LogP contribution in [0.3, 0.4) is 0 Å². The Balaban J connectivity index is 1.88. The van der Waals surface area contributed by atoms with Gasteiger partial charge < -0.3 is 10.4 Å². The van der Waals surface area contributed by atoms with E-state index in [2.05, 4.69) is 21.0 Å². The molecule has 188 valence electrons. The molecule has 0 saturated carbocycles. The van der Waals surface area contributed by atoms with Crippen molar-refractivity contribution in [3.05, 3.63) is 89.2 Å². The van der Waals surface area contributed by atoms with Gasteiger partial charge >= 0.3 is 0 Å². The molecule has 0 atom stereocenters. The van der Waals surface area contributed by atoms with Crippen molar-refractivity contribution in [2.24, 2.45) is 4.40 Å². The van der Waals surface area contributed by atoms with E-state index >= 15 is 0 Å². The second-order valence-electron chi connectivity index (χ2n) is 7.71. The number of rotatable bonds is 7. The Morgan fingerprint density at radius 3 is 2.75 bits per heavy atom. The first kappa shape index (κ1) is 24.9. The van der Waals surface area contributed by atoms with Gasteiger partial charge in [0, 0.05) is 11.9 Å². The summed E-state index contributed by atoms with van der Waals surface area (Å²) < 4.78 is 69.9. The van der Waals surface area contributed by atoms with E-state index in [4.69, 9.17) is 0 Å². The third-order valence-electron chi connectivity index (χ3n) is 5.16. The van der Waals surface area contributed by atoms with Gasteiger partial charge in [-0.05, 0) is 42.0 Å². The van der Waals surface area contributed by atoms with Crippen molar-refractivity contribution >= 4 is 42.8 Å². The Hall–Kier alpha value is -4.17. The number of anilines is 2. The number of benzene rings is 1. The molecule has 4 rings (SSSR count). The summed E-state index contributed by atoms with van der Waals surface area (Å²) in [6.07, 6.45) is 6.71. The molecule has 0 saturated heterocycles. The van der Waals surface area contributed by atoms with Crippen LogP contribution in [0.25, 0.3) is 5.52 Å². The first-order chi connectivity index (χ1) is 16.9. The SMILES string of the molecule is C=C/C(=C\C=C\F)Cn1c(=O)c(C2=NS(=O)(=O)c3cc(NS(C)(=O)=O)ccc3N2)c(O)c2cccn21. The lowest BCUT2D eigenvalue weighted by Gasteiger charge is -2.21. The highest BCUT2D eigenvalue weighted by Gasteiger charge is 2.30. The van der Waals surface area contributed by atoms with Gasteiger partial charge in [0.05, 0.1) is 24.8 Å². The molecule has 2 aromatic heterocycles. The van der Waals surface area contributed by atoms with Gasteiger partial charge in [0.2, 0.25) is 10.0 Å². The molecule has 11 nitrogen and oxygen atoms in total. The van der Waals surface area contributed by atoms with Crippen LogP contribution in [0.15, 0.2) is 87.3 Å². The summed E-state index contributed by atoms with van der Waals surface area (Å²) in [6.45, 7) is 3.57. The topological polar surface area (TPSA) is 151 Å². The number of nitrogens with one attached hydrogen (secondary N) is 2. The highest BCUT2D eigenvalue weighted by molar-refractivity contribution is 7.92. The summed E-state index contributed by atoms with van der Waals surface area (Å²) in [5, 5.41) is 13.6. The Kier molecular flexibility index (Phi) is 6.32. The van der Waals surface area contributed by atoms with Gasteiger partial charge in [-0.3, -0.25) is 14.0 Å². The number of fused-ring (bicyclic) bond motifs is 2. The maximum Gasteiger partial charge on any atom is 0.286 e. The minimum Gasteiger partial charge on any atom is -0.505 e. The summed E-state index contributed by atoms with van der Waals surface area (Å²) >= 11 is 0. The monoisotopic (exact) mass is 533 g/mol. The van der Waals surface area contributed by atoms with Crippen LogP contribution in [0.2, 0.25) is 0 Å². The smallest absolute Gasteiger partial charge is 0.286 e. The van der Waals surface area contributed by atoms with Crippen molar-refractivity contribution in [2.45, 2.75) is 11.4 Å². The molecular formula is C22H20FN5O6S2. The van der Waals surface area contributed by atoms with Crippen molar-refractivity contribution in [2.75, 3.05) is 16.3 Å². The lowest BCUT2D eigenvalue weighted by atomic mass is 10.2. The van der Waals surface area contributed by atoms with Crippen molar-refractivity contribution in [1.82, 2.24) is 9.20 Å². The second kappa shape index (κ2) is 9.13. The molecule has 3 aromatic rings. The molecular weight excluding hydrogens is 513 g/mol. The minimum atomic E-state index is -4.40. The molecule has 0 unspecified atom stereocenters. The van der Waals surface area contributed by atoms with Gasteiger partial charge in [0.15, 0.2) is 11.6 Å². The molecule has 3 N–H and O–H groups in total. The molecule has 1 aliphatic heterocycles. The molecule has 1 aliphatic rings. The molecule has 36 heavy (non-hydrogen) atoms. The highest BCUT2D eigenvalue weighted by atomic mass is 32.2. The quantitative estimate of drug-likeness (QED) is 0.394. The molecule has 0 spiro atoms. The van der Waals surface area contributed by atoms with Crippen LogP contribution >= 0.6 is 0 Å². The van der Waals surface area contributed by atoms with E-state index < -0.39 is 42.8 Å². The fourth-order valence-corrected chi connectivity index (χ4v) is 5.35. The Bertz CT molecular complexity index is 1770. The largest absolute Gasteiger partial charge is 0.505 e. The molecule has 0 radical (unpaired) electrons. The van der Waals surface area contributed by atoms with Crippen LogP contribution in [0.5, 0.6) is 5.75 Å². The van der Waals surface area contributed by atoms with Crippen molar-refractivity contribution in [3.63, 3.8) is 0 Å². The highest BCUT2D eigenvalue weighted by Crippen LogP contribution is 2.33. The number of aromatic nitrogens is 2. The van der Waals surface area contributed by atoms with Gasteiger partial charge in [-0.2, -0.15) is 8.42 Å². The Morgan fingerprint density at radius 2 is 2.08 bits per heavy atom. The molecule has 0 bridgehead atoms. The van der Waals surface area contributed by atoms with Crippen molar-refractivity contribution in [1.29, 1.82) is 0 Å². The van der Waals surface area contributed by atoms with E-state index in [0.29, 0.717) is 11.9 Å². The molecule has 0 aliphatic carbocycles. The summed E-state index contributed by atoms with van der Waals surface area (Å²) in [7, 11) is -8.06. The number of aromatic hydroxyl groups is 1. The summed E-state index contributed by atoms with van der Waals surface area (Å²) in [6, 6.07) is 6.82. The molecule has 3 heterocycles. The zero-order valence-electron chi connectivity index (χ0n) is 18.7. The van der Waals surface area contributed by atoms with E-state index in [0.717, 1.165) is 18.4 Å². The Morgan fingerprint density at radius 1 is 1.33 bits per heavy atom. The number of hydrogen-bond acceptors (Lipinski definition) is 7. The van der Waals surface area contributed by atoms with Gasteiger partial charge in [0.1, 0.15) is 16.0 Å². The van der Waals surface area contributed by atoms with Crippen LogP contribution in [0.4, 0.5) is 15.8 Å². The average Bonchev–Trinajstić information content (AvgIpc) is 3.28. The van der Waals surface area contributed by atoms with Crippen molar-refractivity contribution in [3.8, 4) is 5.75 Å². The van der Waals surface area contributed by atoms with Crippen LogP contribution < -0.4 is 15.6 Å². The van der Waals surface area contributed by atoms with Gasteiger partial charge in [-0.25, -0.2) is 17.5 Å². The number of halogens is 1. The summed E-state index contributed by atoms with van der Waals surface area (Å²) in [5.74, 6) is -0.923. The van der Waals surface area contributed by atoms with E-state index in [-0.39, 0.29) is 28.3 Å². The van der Waals surface area contributed by atoms with E-state index in [1.807, 2.05) is 0 Å². The van der Waals surface area contributed by atoms with Gasteiger partial charge in [0.25, 0.3) is 15.6 Å². The first-order valence-electron chi connectivity index (χ1n) is 10.2. The molecule has 14 heteroatoms. The average molecular weight is 534 g/mol. The molecule has 0 amide bonds. The number of nitrogens with zero attached hydrogens (tertiary/aromatic N) is 3. The normalized spacial score (nSPS) is 15.4. The minimum absolute atomic E-state index is 0.00570. The van der Waals surface area contributed by atoms with Gasteiger partial charge in [-0.1, -0.05) is 18.7 Å². The lowest BCUT2D eigenvalue weighted by Crippen LogP contribution is -2.35. The lowest BCUT2D eigenvalue weighted by molar-refractivity contribution is 0.466. The van der Waals surface area contributed by atoms with Crippen LogP contribution in [-0.4, -0.2) is 43.2 Å². The van der Waals surface area contributed by atoms with E-state index in [1.54, 1.807) is 6.07 Å². The predicted octanol–water partition coefficient (Wildman–Crippen LogP) is 2.33. The van der Waals surface area contributed by atoms with E-state index in [1.165, 1.54) is 45.7 Å². The standard InChI is InChI=1S/C22H20FN5O6S2/c1-3-14(6-4-10-23)13-28-22(30)19(20(29)17-7-5-11-27(17)28)21-24-16-9-8-15(25-35(2,31)32)12-18(16)36(33,34)26-21/h3-12,25,29H,1,13H2,2H3,(H,24,26)/b10-4+,14-6+. The first-order valence-corrected chi connectivity index (χ1v) is 13.5. The summed E-state index contributed by atoms with van der Waals surface area (Å²) in [5.41, 5.74) is -0.508. The maximum atomic E-state index is 13.5. The fourth-order valence-electron chi connectivity index (χ4n) is 3.65. The number of hydrogen-bond donors (Lipinski definition) is 3. The van der Waals surface area contributed by atoms with Crippen LogP contribution in [-0.2, 0) is 26.6 Å². The predicted molar refractivity (Wildman–Crippen MR) is 134 cm³/mol. The van der Waals surface area contributed by atoms with Crippen LogP contribution in [0.1, 0.15) is 5.56 Å². The van der Waals surface area contributed by atoms with Gasteiger partial charge in [-0.15, -0.1) is 4.40 Å². The van der Waals surface area contributed by atoms with E-state index in [9.17, 15) is 31.1 Å². The number of sulfonamides is 2. The number of amidine groups is 1. The maximum absolute atomic E-state index is 13.5. The van der Waals surface area contributed by atoms with Crippen molar-refractivity contribution < 1.29 is 26.3 Å². The molecule has 1 aromatic carbocycles. The third-order valence-corrected chi connectivity index (χ3v) is 7.08. The second-order valence-corrected chi connectivity index (χ2v) is 11.0. The Labute approximate surface area is 205 Å². The molecule has 0 fully saturated rings. The third kappa shape index (κ3) is 4.67. The zero-order chi connectivity index (χ0) is 26.3. The van der Waals surface area contributed by atoms with Crippen LogP contribution in [0, 0.1) is 0 Å². The zero-order valence-corrected chi connectivity index (χ0v) is 20.3. The summed E-state index contributed by atoms with van der Waals surface area (Å²) in [4.78, 5) is 13.2. The fraction of sp³-hybridized carbons (Fsp3) is 0.0909.